The molecule has 1 heterocycles. The predicted octanol–water partition coefficient (Wildman–Crippen LogP) is 2.26. The summed E-state index contributed by atoms with van der Waals surface area (Å²) in [4.78, 5) is 12.1. The summed E-state index contributed by atoms with van der Waals surface area (Å²) >= 11 is 6.06. The Balaban J connectivity index is 1.98. The van der Waals surface area contributed by atoms with E-state index in [9.17, 15) is 4.79 Å². The van der Waals surface area contributed by atoms with Crippen molar-refractivity contribution < 1.29 is 4.79 Å². The quantitative estimate of drug-likeness (QED) is 0.853. The van der Waals surface area contributed by atoms with E-state index >= 15 is 0 Å². The van der Waals surface area contributed by atoms with Crippen LogP contribution in [0.15, 0.2) is 6.20 Å². The van der Waals surface area contributed by atoms with Crippen LogP contribution < -0.4 is 5.32 Å². The van der Waals surface area contributed by atoms with E-state index in [1.54, 1.807) is 10.9 Å². The second-order valence-electron chi connectivity index (χ2n) is 5.29. The maximum atomic E-state index is 12.1. The SMILES string of the molecule is Cc1c(C(=O)NCC2(CCl)CCCC2)cnn1C. The summed E-state index contributed by atoms with van der Waals surface area (Å²) in [6.07, 6.45) is 6.28. The highest BCUT2D eigenvalue weighted by atomic mass is 35.5. The zero-order valence-electron chi connectivity index (χ0n) is 11.0. The molecule has 0 radical (unpaired) electrons. The van der Waals surface area contributed by atoms with Crippen LogP contribution >= 0.6 is 11.6 Å². The molecule has 1 N–H and O–H groups in total. The van der Waals surface area contributed by atoms with Gasteiger partial charge in [-0.25, -0.2) is 0 Å². The molecule has 2 rings (SSSR count). The van der Waals surface area contributed by atoms with E-state index < -0.39 is 0 Å². The smallest absolute Gasteiger partial charge is 0.254 e. The van der Waals surface area contributed by atoms with Gasteiger partial charge in [-0.05, 0) is 19.8 Å². The summed E-state index contributed by atoms with van der Waals surface area (Å²) in [5.41, 5.74) is 1.65. The van der Waals surface area contributed by atoms with Crippen LogP contribution in [-0.2, 0) is 7.05 Å². The molecule has 0 aliphatic heterocycles. The standard InChI is InChI=1S/C13H20ClN3O/c1-10-11(7-16-17(10)2)12(18)15-9-13(8-14)5-3-4-6-13/h7H,3-6,8-9H2,1-2H3,(H,15,18). The zero-order chi connectivity index (χ0) is 13.2. The minimum absolute atomic E-state index is 0.0445. The lowest BCUT2D eigenvalue weighted by atomic mass is 9.88. The van der Waals surface area contributed by atoms with E-state index in [0.717, 1.165) is 18.5 Å². The summed E-state index contributed by atoms with van der Waals surface area (Å²) in [5, 5.41) is 7.09. The summed E-state index contributed by atoms with van der Waals surface area (Å²) in [6.45, 7) is 2.57. The van der Waals surface area contributed by atoms with Gasteiger partial charge in [0.2, 0.25) is 0 Å². The zero-order valence-corrected chi connectivity index (χ0v) is 11.8. The Labute approximate surface area is 113 Å². The van der Waals surface area contributed by atoms with Gasteiger partial charge in [-0.2, -0.15) is 5.10 Å². The largest absolute Gasteiger partial charge is 0.351 e. The highest BCUT2D eigenvalue weighted by Crippen LogP contribution is 2.38. The Morgan fingerprint density at radius 2 is 2.22 bits per heavy atom. The number of hydrogen-bond acceptors (Lipinski definition) is 2. The van der Waals surface area contributed by atoms with Crippen molar-refractivity contribution in [2.45, 2.75) is 32.6 Å². The Kier molecular flexibility index (Phi) is 3.95. The first-order valence-electron chi connectivity index (χ1n) is 6.41. The molecule has 1 fully saturated rings. The van der Waals surface area contributed by atoms with Crippen LogP contribution in [0.2, 0.25) is 0 Å². The van der Waals surface area contributed by atoms with Crippen molar-refractivity contribution >= 4 is 17.5 Å². The third-order valence-corrected chi connectivity index (χ3v) is 4.62. The number of carbonyl (C=O) groups excluding carboxylic acids is 1. The summed E-state index contributed by atoms with van der Waals surface area (Å²) < 4.78 is 1.71. The van der Waals surface area contributed by atoms with Gasteiger partial charge in [0.05, 0.1) is 11.8 Å². The van der Waals surface area contributed by atoms with E-state index in [-0.39, 0.29) is 11.3 Å². The van der Waals surface area contributed by atoms with Crippen molar-refractivity contribution in [1.29, 1.82) is 0 Å². The van der Waals surface area contributed by atoms with Gasteiger partial charge in [0, 0.05) is 30.6 Å². The van der Waals surface area contributed by atoms with Crippen LogP contribution in [0.4, 0.5) is 0 Å². The van der Waals surface area contributed by atoms with Gasteiger partial charge in [0.25, 0.3) is 5.91 Å². The maximum absolute atomic E-state index is 12.1. The normalized spacial score (nSPS) is 17.9. The lowest BCUT2D eigenvalue weighted by Gasteiger charge is -2.26. The summed E-state index contributed by atoms with van der Waals surface area (Å²) in [7, 11) is 1.84. The van der Waals surface area contributed by atoms with Crippen LogP contribution in [0.1, 0.15) is 41.7 Å². The van der Waals surface area contributed by atoms with Crippen molar-refractivity contribution in [2.75, 3.05) is 12.4 Å². The molecule has 0 spiro atoms. The molecule has 100 valence electrons. The molecule has 5 heteroatoms. The third kappa shape index (κ3) is 2.53. The highest BCUT2D eigenvalue weighted by molar-refractivity contribution is 6.18. The van der Waals surface area contributed by atoms with Crippen LogP contribution in [-0.4, -0.2) is 28.1 Å². The number of aromatic nitrogens is 2. The van der Waals surface area contributed by atoms with Crippen molar-refractivity contribution in [3.63, 3.8) is 0 Å². The van der Waals surface area contributed by atoms with Gasteiger partial charge in [-0.3, -0.25) is 9.48 Å². The van der Waals surface area contributed by atoms with Crippen molar-refractivity contribution in [2.24, 2.45) is 12.5 Å². The van der Waals surface area contributed by atoms with Crippen molar-refractivity contribution in [3.8, 4) is 0 Å². The minimum Gasteiger partial charge on any atom is -0.351 e. The third-order valence-electron chi connectivity index (χ3n) is 4.05. The van der Waals surface area contributed by atoms with Crippen molar-refractivity contribution in [1.82, 2.24) is 15.1 Å². The first-order valence-corrected chi connectivity index (χ1v) is 6.94. The van der Waals surface area contributed by atoms with E-state index in [1.165, 1.54) is 12.8 Å². The molecule has 0 bridgehead atoms. The molecule has 1 saturated carbocycles. The topological polar surface area (TPSA) is 46.9 Å². The Morgan fingerprint density at radius 1 is 1.56 bits per heavy atom. The van der Waals surface area contributed by atoms with Crippen LogP contribution in [0.25, 0.3) is 0 Å². The number of hydrogen-bond donors (Lipinski definition) is 1. The molecular weight excluding hydrogens is 250 g/mol. The second-order valence-corrected chi connectivity index (χ2v) is 5.56. The lowest BCUT2D eigenvalue weighted by Crippen LogP contribution is -2.37. The average Bonchev–Trinajstić information content (AvgIpc) is 2.96. The predicted molar refractivity (Wildman–Crippen MR) is 71.9 cm³/mol. The maximum Gasteiger partial charge on any atom is 0.254 e. The molecule has 0 unspecified atom stereocenters. The molecule has 0 atom stereocenters. The van der Waals surface area contributed by atoms with E-state index in [2.05, 4.69) is 10.4 Å². The highest BCUT2D eigenvalue weighted by Gasteiger charge is 2.33. The average molecular weight is 270 g/mol. The van der Waals surface area contributed by atoms with Gasteiger partial charge >= 0.3 is 0 Å². The van der Waals surface area contributed by atoms with Gasteiger partial charge < -0.3 is 5.32 Å². The number of nitrogens with one attached hydrogen (secondary N) is 1. The Hall–Kier alpha value is -1.03. The van der Waals surface area contributed by atoms with Gasteiger partial charge in [0.15, 0.2) is 0 Å². The molecule has 0 aromatic carbocycles. The second kappa shape index (κ2) is 5.31. The first-order chi connectivity index (χ1) is 8.58. The van der Waals surface area contributed by atoms with Gasteiger partial charge in [-0.15, -0.1) is 11.6 Å². The molecule has 4 nitrogen and oxygen atoms in total. The monoisotopic (exact) mass is 269 g/mol. The summed E-state index contributed by atoms with van der Waals surface area (Å²) in [6, 6.07) is 0. The first kappa shape index (κ1) is 13.4. The summed E-state index contributed by atoms with van der Waals surface area (Å²) in [5.74, 6) is 0.580. The number of nitrogens with zero attached hydrogens (tertiary/aromatic N) is 2. The molecule has 1 aromatic rings. The van der Waals surface area contributed by atoms with E-state index in [1.807, 2.05) is 14.0 Å². The molecule has 1 amide bonds. The Bertz CT molecular complexity index is 435. The molecular formula is C13H20ClN3O. The number of halogens is 1. The lowest BCUT2D eigenvalue weighted by molar-refractivity contribution is 0.0934. The fraction of sp³-hybridized carbons (Fsp3) is 0.692. The number of aryl methyl sites for hydroxylation is 1. The van der Waals surface area contributed by atoms with Crippen LogP contribution in [0, 0.1) is 12.3 Å². The van der Waals surface area contributed by atoms with Gasteiger partial charge in [-0.1, -0.05) is 12.8 Å². The van der Waals surface area contributed by atoms with Crippen LogP contribution in [0.3, 0.4) is 0 Å². The van der Waals surface area contributed by atoms with E-state index in [4.69, 9.17) is 11.6 Å². The Morgan fingerprint density at radius 3 is 2.72 bits per heavy atom. The number of carbonyl (C=O) groups is 1. The molecule has 1 aromatic heterocycles. The molecule has 1 aliphatic carbocycles. The fourth-order valence-electron chi connectivity index (χ4n) is 2.57. The fourth-order valence-corrected chi connectivity index (χ4v) is 2.93. The molecule has 0 saturated heterocycles. The van der Waals surface area contributed by atoms with Crippen LogP contribution in [0.5, 0.6) is 0 Å². The minimum atomic E-state index is -0.0445. The number of alkyl halides is 1. The molecule has 1 aliphatic rings. The van der Waals surface area contributed by atoms with Crippen molar-refractivity contribution in [3.05, 3.63) is 17.5 Å². The number of rotatable bonds is 4. The number of amides is 1. The van der Waals surface area contributed by atoms with Gasteiger partial charge in [0.1, 0.15) is 0 Å². The molecule has 18 heavy (non-hydrogen) atoms. The van der Waals surface area contributed by atoms with E-state index in [0.29, 0.717) is 18.0 Å².